The fourth-order valence-corrected chi connectivity index (χ4v) is 3.81. The number of para-hydroxylation sites is 2. The van der Waals surface area contributed by atoms with Crippen LogP contribution < -0.4 is 14.8 Å². The zero-order chi connectivity index (χ0) is 21.5. The molecule has 0 aliphatic heterocycles. The van der Waals surface area contributed by atoms with Gasteiger partial charge in [0.05, 0.1) is 12.3 Å². The second-order valence-electron chi connectivity index (χ2n) is 6.57. The number of nitrogens with one attached hydrogen (secondary N) is 1. The van der Waals surface area contributed by atoms with Gasteiger partial charge in [0, 0.05) is 34.6 Å². The Bertz CT molecular complexity index is 1160. The van der Waals surface area contributed by atoms with E-state index in [4.69, 9.17) is 14.5 Å². The van der Waals surface area contributed by atoms with Crippen LogP contribution >= 0.6 is 11.3 Å². The molecule has 0 fully saturated rings. The van der Waals surface area contributed by atoms with Crippen LogP contribution in [0.4, 0.5) is 5.69 Å². The van der Waals surface area contributed by atoms with E-state index in [9.17, 15) is 4.79 Å². The third kappa shape index (κ3) is 5.26. The highest BCUT2D eigenvalue weighted by Gasteiger charge is 2.10. The minimum absolute atomic E-state index is 0.114. The summed E-state index contributed by atoms with van der Waals surface area (Å²) in [7, 11) is 0. The van der Waals surface area contributed by atoms with Gasteiger partial charge in [-0.05, 0) is 43.3 Å². The smallest absolute Gasteiger partial charge is 0.262 e. The second-order valence-corrected chi connectivity index (χ2v) is 7.43. The number of ether oxygens (including phenoxy) is 2. The largest absolute Gasteiger partial charge is 0.490 e. The average molecular weight is 432 g/mol. The molecule has 156 valence electrons. The van der Waals surface area contributed by atoms with E-state index in [1.54, 1.807) is 29.8 Å². The van der Waals surface area contributed by atoms with Gasteiger partial charge in [0.1, 0.15) is 5.01 Å². The standard InChI is InChI=1S/C24H21N3O3S/c1-2-29-21-8-3-4-9-22(21)30-15-23(28)26-19-7-5-6-18(14-19)20-16-31-24(27-20)17-10-12-25-13-11-17/h3-14,16H,2,15H2,1H3,(H,26,28). The Labute approximate surface area is 184 Å². The quantitative estimate of drug-likeness (QED) is 0.410. The number of hydrogen-bond donors (Lipinski definition) is 1. The van der Waals surface area contributed by atoms with Crippen molar-refractivity contribution in [2.24, 2.45) is 0 Å². The molecule has 31 heavy (non-hydrogen) atoms. The highest BCUT2D eigenvalue weighted by atomic mass is 32.1. The fourth-order valence-electron chi connectivity index (χ4n) is 2.97. The summed E-state index contributed by atoms with van der Waals surface area (Å²) < 4.78 is 11.2. The lowest BCUT2D eigenvalue weighted by atomic mass is 10.1. The van der Waals surface area contributed by atoms with Gasteiger partial charge < -0.3 is 14.8 Å². The molecular weight excluding hydrogens is 410 g/mol. The number of aromatic nitrogens is 2. The molecular formula is C24H21N3O3S. The Kier molecular flexibility index (Phi) is 6.54. The number of rotatable bonds is 8. The maximum Gasteiger partial charge on any atom is 0.262 e. The normalized spacial score (nSPS) is 10.5. The molecule has 0 radical (unpaired) electrons. The molecule has 2 aromatic heterocycles. The first-order chi connectivity index (χ1) is 15.2. The number of carbonyl (C=O) groups is 1. The van der Waals surface area contributed by atoms with Crippen molar-refractivity contribution in [3.8, 4) is 33.3 Å². The van der Waals surface area contributed by atoms with Gasteiger partial charge in [-0.15, -0.1) is 11.3 Å². The fraction of sp³-hybridized carbons (Fsp3) is 0.125. The first-order valence-corrected chi connectivity index (χ1v) is 10.7. The van der Waals surface area contributed by atoms with E-state index in [0.29, 0.717) is 23.8 Å². The van der Waals surface area contributed by atoms with Crippen molar-refractivity contribution >= 4 is 22.9 Å². The van der Waals surface area contributed by atoms with Crippen LogP contribution in [0.5, 0.6) is 11.5 Å². The molecule has 0 bridgehead atoms. The number of carbonyl (C=O) groups excluding carboxylic acids is 1. The molecule has 0 unspecified atom stereocenters. The molecule has 0 atom stereocenters. The number of pyridine rings is 1. The van der Waals surface area contributed by atoms with E-state index in [-0.39, 0.29) is 12.5 Å². The molecule has 7 heteroatoms. The van der Waals surface area contributed by atoms with Crippen LogP contribution in [0, 0.1) is 0 Å². The van der Waals surface area contributed by atoms with Crippen LogP contribution in [0.3, 0.4) is 0 Å². The average Bonchev–Trinajstić information content (AvgIpc) is 3.30. The number of anilines is 1. The number of hydrogen-bond acceptors (Lipinski definition) is 6. The molecule has 6 nitrogen and oxygen atoms in total. The number of benzene rings is 2. The van der Waals surface area contributed by atoms with E-state index < -0.39 is 0 Å². The lowest BCUT2D eigenvalue weighted by molar-refractivity contribution is -0.118. The van der Waals surface area contributed by atoms with Crippen molar-refractivity contribution < 1.29 is 14.3 Å². The van der Waals surface area contributed by atoms with Crippen molar-refractivity contribution in [2.45, 2.75) is 6.92 Å². The Morgan fingerprint density at radius 1 is 0.968 bits per heavy atom. The molecule has 1 amide bonds. The van der Waals surface area contributed by atoms with E-state index in [1.165, 1.54) is 0 Å². The van der Waals surface area contributed by atoms with Crippen LogP contribution in [0.1, 0.15) is 6.92 Å². The molecule has 0 saturated heterocycles. The van der Waals surface area contributed by atoms with E-state index in [2.05, 4.69) is 10.3 Å². The Balaban J connectivity index is 1.41. The van der Waals surface area contributed by atoms with E-state index >= 15 is 0 Å². The van der Waals surface area contributed by atoms with Gasteiger partial charge in [-0.2, -0.15) is 0 Å². The van der Waals surface area contributed by atoms with E-state index in [0.717, 1.165) is 21.8 Å². The minimum atomic E-state index is -0.251. The topological polar surface area (TPSA) is 73.3 Å². The Hall–Kier alpha value is -3.71. The summed E-state index contributed by atoms with van der Waals surface area (Å²) in [6.45, 7) is 2.31. The first-order valence-electron chi connectivity index (χ1n) is 9.84. The molecule has 4 aromatic rings. The molecule has 0 aliphatic rings. The second kappa shape index (κ2) is 9.86. The summed E-state index contributed by atoms with van der Waals surface area (Å²) in [6, 6.07) is 18.8. The van der Waals surface area contributed by atoms with Gasteiger partial charge in [-0.1, -0.05) is 24.3 Å². The van der Waals surface area contributed by atoms with Crippen molar-refractivity contribution in [1.29, 1.82) is 0 Å². The van der Waals surface area contributed by atoms with Gasteiger partial charge in [-0.25, -0.2) is 4.98 Å². The third-order valence-electron chi connectivity index (χ3n) is 4.38. The van der Waals surface area contributed by atoms with Crippen molar-refractivity contribution in [3.05, 3.63) is 78.4 Å². The van der Waals surface area contributed by atoms with E-state index in [1.807, 2.05) is 66.9 Å². The molecule has 2 heterocycles. The van der Waals surface area contributed by atoms with Crippen LogP contribution in [-0.4, -0.2) is 29.1 Å². The van der Waals surface area contributed by atoms with Gasteiger partial charge in [0.25, 0.3) is 5.91 Å². The summed E-state index contributed by atoms with van der Waals surface area (Å²) in [4.78, 5) is 21.2. The summed E-state index contributed by atoms with van der Waals surface area (Å²) >= 11 is 1.57. The number of amides is 1. The molecule has 0 spiro atoms. The lowest BCUT2D eigenvalue weighted by Gasteiger charge is -2.12. The summed E-state index contributed by atoms with van der Waals surface area (Å²) in [5.41, 5.74) is 3.50. The lowest BCUT2D eigenvalue weighted by Crippen LogP contribution is -2.20. The highest BCUT2D eigenvalue weighted by molar-refractivity contribution is 7.13. The zero-order valence-electron chi connectivity index (χ0n) is 16.9. The highest BCUT2D eigenvalue weighted by Crippen LogP contribution is 2.30. The van der Waals surface area contributed by atoms with Crippen LogP contribution in [0.15, 0.2) is 78.4 Å². The van der Waals surface area contributed by atoms with Gasteiger partial charge in [-0.3, -0.25) is 9.78 Å². The Morgan fingerprint density at radius 3 is 2.52 bits per heavy atom. The first kappa shape index (κ1) is 20.6. The SMILES string of the molecule is CCOc1ccccc1OCC(=O)Nc1cccc(-c2csc(-c3ccncc3)n2)c1. The van der Waals surface area contributed by atoms with Crippen LogP contribution in [0.25, 0.3) is 21.8 Å². The predicted octanol–water partition coefficient (Wildman–Crippen LogP) is 5.29. The third-order valence-corrected chi connectivity index (χ3v) is 5.27. The molecule has 1 N–H and O–H groups in total. The van der Waals surface area contributed by atoms with Crippen molar-refractivity contribution in [1.82, 2.24) is 9.97 Å². The predicted molar refractivity (Wildman–Crippen MR) is 123 cm³/mol. The summed E-state index contributed by atoms with van der Waals surface area (Å²) in [5.74, 6) is 0.909. The number of thiazole rings is 1. The Morgan fingerprint density at radius 2 is 1.74 bits per heavy atom. The zero-order valence-corrected chi connectivity index (χ0v) is 17.8. The summed E-state index contributed by atoms with van der Waals surface area (Å²) in [5, 5.41) is 5.80. The van der Waals surface area contributed by atoms with Crippen LogP contribution in [-0.2, 0) is 4.79 Å². The summed E-state index contributed by atoms with van der Waals surface area (Å²) in [6.07, 6.45) is 3.50. The molecule has 2 aromatic carbocycles. The number of nitrogens with zero attached hydrogens (tertiary/aromatic N) is 2. The maximum atomic E-state index is 12.4. The van der Waals surface area contributed by atoms with Crippen molar-refractivity contribution in [2.75, 3.05) is 18.5 Å². The maximum absolute atomic E-state index is 12.4. The van der Waals surface area contributed by atoms with Gasteiger partial charge >= 0.3 is 0 Å². The molecule has 0 saturated carbocycles. The molecule has 4 rings (SSSR count). The minimum Gasteiger partial charge on any atom is -0.490 e. The van der Waals surface area contributed by atoms with Crippen molar-refractivity contribution in [3.63, 3.8) is 0 Å². The van der Waals surface area contributed by atoms with Crippen LogP contribution in [0.2, 0.25) is 0 Å². The molecule has 0 aliphatic carbocycles. The van der Waals surface area contributed by atoms with Gasteiger partial charge in [0.15, 0.2) is 18.1 Å². The van der Waals surface area contributed by atoms with Gasteiger partial charge in [0.2, 0.25) is 0 Å². The monoisotopic (exact) mass is 431 g/mol.